The summed E-state index contributed by atoms with van der Waals surface area (Å²) in [6.45, 7) is 8.28. The third kappa shape index (κ3) is 4.50. The van der Waals surface area contributed by atoms with E-state index in [1.165, 1.54) is 4.90 Å². The predicted octanol–water partition coefficient (Wildman–Crippen LogP) is 4.15. The molecule has 1 saturated heterocycles. The van der Waals surface area contributed by atoms with Crippen molar-refractivity contribution >= 4 is 34.7 Å². The van der Waals surface area contributed by atoms with Gasteiger partial charge in [-0.25, -0.2) is 4.90 Å². The molecule has 1 aliphatic rings. The molecule has 1 aliphatic heterocycles. The Balaban J connectivity index is 1.88. The quantitative estimate of drug-likeness (QED) is 0.711. The second kappa shape index (κ2) is 7.87. The van der Waals surface area contributed by atoms with Gasteiger partial charge in [-0.05, 0) is 35.9 Å². The van der Waals surface area contributed by atoms with Crippen LogP contribution in [0.3, 0.4) is 0 Å². The molecule has 3 amide bonds. The van der Waals surface area contributed by atoms with E-state index >= 15 is 0 Å². The highest BCUT2D eigenvalue weighted by Crippen LogP contribution is 2.29. The number of hydrogen-bond donors (Lipinski definition) is 0. The topological polar surface area (TPSA) is 57.7 Å². The number of carbonyl (C=O) groups excluding carboxylic acids is 3. The van der Waals surface area contributed by atoms with E-state index in [4.69, 9.17) is 0 Å². The summed E-state index contributed by atoms with van der Waals surface area (Å²) in [6.07, 6.45) is 0.342. The summed E-state index contributed by atoms with van der Waals surface area (Å²) in [5.74, 6) is -0.691. The lowest BCUT2D eigenvalue weighted by Crippen LogP contribution is -2.45. The first-order chi connectivity index (χ1) is 13.2. The molecule has 1 aromatic carbocycles. The third-order valence-corrected chi connectivity index (χ3v) is 5.56. The highest BCUT2D eigenvalue weighted by atomic mass is 32.1. The van der Waals surface area contributed by atoms with Crippen molar-refractivity contribution < 1.29 is 14.4 Å². The molecule has 0 bridgehead atoms. The van der Waals surface area contributed by atoms with Crippen molar-refractivity contribution in [2.24, 2.45) is 5.41 Å². The standard InChI is InChI=1S/C22H26N2O3S/c1-15-7-9-16(10-8-15)24-19(25)12-18(21(24)27)23(14-17-6-5-11-28-17)20(26)13-22(2,3)4/h5-11,18H,12-14H2,1-4H3. The monoisotopic (exact) mass is 398 g/mol. The number of amides is 3. The van der Waals surface area contributed by atoms with Gasteiger partial charge in [0.2, 0.25) is 11.8 Å². The van der Waals surface area contributed by atoms with Gasteiger partial charge in [0.25, 0.3) is 5.91 Å². The van der Waals surface area contributed by atoms with Gasteiger partial charge in [0, 0.05) is 11.3 Å². The molecule has 2 heterocycles. The van der Waals surface area contributed by atoms with E-state index in [0.29, 0.717) is 18.7 Å². The van der Waals surface area contributed by atoms with Crippen molar-refractivity contribution in [1.29, 1.82) is 0 Å². The Morgan fingerprint density at radius 2 is 1.86 bits per heavy atom. The van der Waals surface area contributed by atoms with Crippen LogP contribution in [0.25, 0.3) is 0 Å². The van der Waals surface area contributed by atoms with Crippen molar-refractivity contribution in [3.63, 3.8) is 0 Å². The molecular formula is C22H26N2O3S. The maximum absolute atomic E-state index is 13.2. The fraction of sp³-hybridized carbons (Fsp3) is 0.409. The Morgan fingerprint density at radius 1 is 1.18 bits per heavy atom. The van der Waals surface area contributed by atoms with Crippen LogP contribution in [0.1, 0.15) is 44.1 Å². The fourth-order valence-electron chi connectivity index (χ4n) is 3.32. The zero-order valence-corrected chi connectivity index (χ0v) is 17.6. The number of thiophene rings is 1. The van der Waals surface area contributed by atoms with Gasteiger partial charge in [-0.2, -0.15) is 0 Å². The normalized spacial score (nSPS) is 17.3. The SMILES string of the molecule is Cc1ccc(N2C(=O)CC(N(Cc3cccs3)C(=O)CC(C)(C)C)C2=O)cc1. The largest absolute Gasteiger partial charge is 0.325 e. The van der Waals surface area contributed by atoms with Crippen LogP contribution in [-0.2, 0) is 20.9 Å². The maximum atomic E-state index is 13.2. The summed E-state index contributed by atoms with van der Waals surface area (Å²) in [7, 11) is 0. The van der Waals surface area contributed by atoms with Gasteiger partial charge < -0.3 is 4.90 Å². The molecule has 5 nitrogen and oxygen atoms in total. The number of nitrogens with zero attached hydrogens (tertiary/aromatic N) is 2. The predicted molar refractivity (Wildman–Crippen MR) is 111 cm³/mol. The van der Waals surface area contributed by atoms with Gasteiger partial charge in [-0.1, -0.05) is 44.5 Å². The number of anilines is 1. The molecule has 3 rings (SSSR count). The Hall–Kier alpha value is -2.47. The average molecular weight is 399 g/mol. The minimum atomic E-state index is -0.759. The second-order valence-electron chi connectivity index (χ2n) is 8.46. The van der Waals surface area contributed by atoms with Gasteiger partial charge >= 0.3 is 0 Å². The van der Waals surface area contributed by atoms with Crippen LogP contribution in [0.5, 0.6) is 0 Å². The van der Waals surface area contributed by atoms with Gasteiger partial charge in [0.15, 0.2) is 0 Å². The highest BCUT2D eigenvalue weighted by molar-refractivity contribution is 7.09. The van der Waals surface area contributed by atoms with Crippen molar-refractivity contribution in [3.05, 3.63) is 52.2 Å². The Bertz CT molecular complexity index is 866. The van der Waals surface area contributed by atoms with Gasteiger partial charge in [-0.3, -0.25) is 14.4 Å². The Morgan fingerprint density at radius 3 is 2.43 bits per heavy atom. The average Bonchev–Trinajstić information content (AvgIpc) is 3.20. The molecule has 28 heavy (non-hydrogen) atoms. The number of aryl methyl sites for hydroxylation is 1. The van der Waals surface area contributed by atoms with Crippen LogP contribution in [0.15, 0.2) is 41.8 Å². The van der Waals surface area contributed by atoms with Crippen LogP contribution in [-0.4, -0.2) is 28.7 Å². The number of carbonyl (C=O) groups is 3. The van der Waals surface area contributed by atoms with Crippen LogP contribution < -0.4 is 4.90 Å². The molecule has 1 atom stereocenters. The van der Waals surface area contributed by atoms with Crippen LogP contribution in [0.2, 0.25) is 0 Å². The van der Waals surface area contributed by atoms with E-state index in [1.54, 1.807) is 28.4 Å². The number of hydrogen-bond acceptors (Lipinski definition) is 4. The Kier molecular flexibility index (Phi) is 5.70. The van der Waals surface area contributed by atoms with E-state index in [0.717, 1.165) is 10.4 Å². The Labute approximate surface area is 170 Å². The summed E-state index contributed by atoms with van der Waals surface area (Å²) in [4.78, 5) is 42.7. The minimum Gasteiger partial charge on any atom is -0.325 e. The summed E-state index contributed by atoms with van der Waals surface area (Å²) in [5, 5.41) is 1.95. The maximum Gasteiger partial charge on any atom is 0.257 e. The molecule has 1 fully saturated rings. The molecule has 0 N–H and O–H groups in total. The lowest BCUT2D eigenvalue weighted by Gasteiger charge is -2.30. The number of rotatable bonds is 5. The zero-order valence-electron chi connectivity index (χ0n) is 16.8. The van der Waals surface area contributed by atoms with Gasteiger partial charge in [-0.15, -0.1) is 11.3 Å². The zero-order chi connectivity index (χ0) is 20.5. The first-order valence-corrected chi connectivity index (χ1v) is 10.3. The van der Waals surface area contributed by atoms with Crippen LogP contribution in [0.4, 0.5) is 5.69 Å². The van der Waals surface area contributed by atoms with Crippen molar-refractivity contribution in [1.82, 2.24) is 4.90 Å². The fourth-order valence-corrected chi connectivity index (χ4v) is 4.03. The third-order valence-electron chi connectivity index (χ3n) is 4.70. The van der Waals surface area contributed by atoms with E-state index in [9.17, 15) is 14.4 Å². The molecule has 148 valence electrons. The second-order valence-corrected chi connectivity index (χ2v) is 9.49. The summed E-state index contributed by atoms with van der Waals surface area (Å²) in [5.41, 5.74) is 1.41. The molecule has 1 unspecified atom stereocenters. The van der Waals surface area contributed by atoms with Crippen molar-refractivity contribution in [2.45, 2.75) is 53.1 Å². The van der Waals surface area contributed by atoms with Crippen molar-refractivity contribution in [2.75, 3.05) is 4.90 Å². The molecule has 0 aliphatic carbocycles. The summed E-state index contributed by atoms with van der Waals surface area (Å²) >= 11 is 1.54. The van der Waals surface area contributed by atoms with Gasteiger partial charge in [0.1, 0.15) is 6.04 Å². The first kappa shape index (κ1) is 20.3. The van der Waals surface area contributed by atoms with Crippen LogP contribution in [0, 0.1) is 12.3 Å². The van der Waals surface area contributed by atoms with E-state index in [-0.39, 0.29) is 29.6 Å². The molecule has 0 spiro atoms. The molecule has 1 aromatic heterocycles. The molecular weight excluding hydrogens is 372 g/mol. The lowest BCUT2D eigenvalue weighted by atomic mass is 9.91. The minimum absolute atomic E-state index is 0.0218. The summed E-state index contributed by atoms with van der Waals surface area (Å²) in [6, 6.07) is 10.4. The van der Waals surface area contributed by atoms with E-state index in [2.05, 4.69) is 0 Å². The van der Waals surface area contributed by atoms with Crippen LogP contribution >= 0.6 is 11.3 Å². The number of imide groups is 1. The molecule has 0 saturated carbocycles. The molecule has 6 heteroatoms. The molecule has 0 radical (unpaired) electrons. The van der Waals surface area contributed by atoms with Gasteiger partial charge in [0.05, 0.1) is 18.7 Å². The first-order valence-electron chi connectivity index (χ1n) is 9.41. The highest BCUT2D eigenvalue weighted by Gasteiger charge is 2.44. The smallest absolute Gasteiger partial charge is 0.257 e. The number of benzene rings is 1. The summed E-state index contributed by atoms with van der Waals surface area (Å²) < 4.78 is 0. The lowest BCUT2D eigenvalue weighted by molar-refractivity contribution is -0.140. The van der Waals surface area contributed by atoms with Crippen molar-refractivity contribution in [3.8, 4) is 0 Å². The van der Waals surface area contributed by atoms with E-state index < -0.39 is 6.04 Å². The van der Waals surface area contributed by atoms with E-state index in [1.807, 2.05) is 57.3 Å². The molecule has 2 aromatic rings.